The van der Waals surface area contributed by atoms with Crippen LogP contribution >= 0.6 is 35.7 Å². The number of esters is 2. The summed E-state index contributed by atoms with van der Waals surface area (Å²) in [5.74, 6) is -0.334. The van der Waals surface area contributed by atoms with Gasteiger partial charge in [0, 0.05) is 0 Å². The van der Waals surface area contributed by atoms with Gasteiger partial charge in [0.15, 0.2) is 0 Å². The maximum Gasteiger partial charge on any atom is 0.316 e. The Bertz CT molecular complexity index is 207. The molecule has 14 heavy (non-hydrogen) atoms. The van der Waals surface area contributed by atoms with E-state index in [0.29, 0.717) is 3.53 Å². The van der Waals surface area contributed by atoms with E-state index in [4.69, 9.17) is 12.2 Å². The van der Waals surface area contributed by atoms with Crippen LogP contribution in [-0.2, 0) is 19.1 Å². The zero-order valence-corrected chi connectivity index (χ0v) is 10.2. The number of thioether (sulfide) groups is 2. The molecule has 0 unspecified atom stereocenters. The van der Waals surface area contributed by atoms with Gasteiger partial charge in [0.05, 0.1) is 25.7 Å². The first kappa shape index (κ1) is 13.7. The predicted molar refractivity (Wildman–Crippen MR) is 61.5 cm³/mol. The highest BCUT2D eigenvalue weighted by atomic mass is 32.2. The second-order valence-electron chi connectivity index (χ2n) is 1.98. The second kappa shape index (κ2) is 8.07. The van der Waals surface area contributed by atoms with Crippen LogP contribution in [0.15, 0.2) is 0 Å². The number of thiocarbonyl (C=S) groups is 1. The van der Waals surface area contributed by atoms with Crippen molar-refractivity contribution in [2.24, 2.45) is 0 Å². The zero-order valence-electron chi connectivity index (χ0n) is 7.77. The molecule has 0 aromatic carbocycles. The van der Waals surface area contributed by atoms with Crippen LogP contribution < -0.4 is 0 Å². The summed E-state index contributed by atoms with van der Waals surface area (Å²) in [6.45, 7) is 0. The molecule has 0 aromatic rings. The number of hydrogen-bond donors (Lipinski definition) is 0. The van der Waals surface area contributed by atoms with Gasteiger partial charge in [0.2, 0.25) is 0 Å². The van der Waals surface area contributed by atoms with Crippen molar-refractivity contribution in [2.45, 2.75) is 0 Å². The summed E-state index contributed by atoms with van der Waals surface area (Å²) in [4.78, 5) is 21.4. The van der Waals surface area contributed by atoms with E-state index in [1.807, 2.05) is 0 Å². The molecule has 7 heteroatoms. The van der Waals surface area contributed by atoms with Crippen molar-refractivity contribution in [1.82, 2.24) is 0 Å². The molecule has 0 spiro atoms. The lowest BCUT2D eigenvalue weighted by molar-refractivity contribution is -0.138. The lowest BCUT2D eigenvalue weighted by atomic mass is 10.8. The molecule has 4 nitrogen and oxygen atoms in total. The average Bonchev–Trinajstić information content (AvgIpc) is 2.22. The molecule has 0 aliphatic rings. The van der Waals surface area contributed by atoms with Gasteiger partial charge < -0.3 is 9.47 Å². The highest BCUT2D eigenvalue weighted by Gasteiger charge is 2.07. The predicted octanol–water partition coefficient (Wildman–Crippen LogP) is 1.08. The molecule has 0 aromatic heterocycles. The van der Waals surface area contributed by atoms with E-state index < -0.39 is 0 Å². The van der Waals surface area contributed by atoms with Crippen LogP contribution in [0.5, 0.6) is 0 Å². The Hall–Kier alpha value is -0.270. The Balaban J connectivity index is 3.56. The Morgan fingerprint density at radius 1 is 1.07 bits per heavy atom. The standard InChI is InChI=1S/C7H10O4S3/c1-10-5(8)3-13-7(12)14-4-6(9)11-2/h3-4H2,1-2H3. The molecule has 0 radical (unpaired) electrons. The van der Waals surface area contributed by atoms with Gasteiger partial charge in [-0.2, -0.15) is 0 Å². The molecule has 0 aliphatic carbocycles. The molecule has 0 atom stereocenters. The third-order valence-electron chi connectivity index (χ3n) is 1.07. The molecule has 0 aliphatic heterocycles. The van der Waals surface area contributed by atoms with Crippen LogP contribution in [0, 0.1) is 0 Å². The quantitative estimate of drug-likeness (QED) is 0.549. The lowest BCUT2D eigenvalue weighted by Crippen LogP contribution is -2.07. The molecule has 0 rings (SSSR count). The van der Waals surface area contributed by atoms with E-state index in [1.165, 1.54) is 37.7 Å². The first-order valence-electron chi connectivity index (χ1n) is 3.53. The van der Waals surface area contributed by atoms with Crippen LogP contribution in [0.3, 0.4) is 0 Å². The molecule has 0 saturated heterocycles. The van der Waals surface area contributed by atoms with E-state index in [-0.39, 0.29) is 23.4 Å². The Labute approximate surface area is 96.1 Å². The van der Waals surface area contributed by atoms with Crippen molar-refractivity contribution in [2.75, 3.05) is 25.7 Å². The van der Waals surface area contributed by atoms with Crippen LogP contribution in [-0.4, -0.2) is 41.2 Å². The maximum atomic E-state index is 10.7. The fraction of sp³-hybridized carbons (Fsp3) is 0.571. The van der Waals surface area contributed by atoms with Gasteiger partial charge in [-0.1, -0.05) is 35.7 Å². The molecular formula is C7H10O4S3. The number of carbonyl (C=O) groups excluding carboxylic acids is 2. The highest BCUT2D eigenvalue weighted by Crippen LogP contribution is 2.17. The number of methoxy groups -OCH3 is 2. The fourth-order valence-electron chi connectivity index (χ4n) is 0.395. The molecule has 0 N–H and O–H groups in total. The van der Waals surface area contributed by atoms with E-state index >= 15 is 0 Å². The molecule has 0 bridgehead atoms. The minimum absolute atomic E-state index is 0.170. The van der Waals surface area contributed by atoms with Crippen molar-refractivity contribution < 1.29 is 19.1 Å². The van der Waals surface area contributed by atoms with Crippen LogP contribution in [0.4, 0.5) is 0 Å². The second-order valence-corrected chi connectivity index (χ2v) is 5.13. The summed E-state index contributed by atoms with van der Waals surface area (Å²) in [5.41, 5.74) is 0. The molecular weight excluding hydrogens is 244 g/mol. The summed E-state index contributed by atoms with van der Waals surface area (Å²) < 4.78 is 9.38. The minimum atomic E-state index is -0.337. The Morgan fingerprint density at radius 3 is 1.71 bits per heavy atom. The van der Waals surface area contributed by atoms with Gasteiger partial charge in [-0.3, -0.25) is 9.59 Å². The van der Waals surface area contributed by atoms with Gasteiger partial charge in [-0.15, -0.1) is 0 Å². The van der Waals surface area contributed by atoms with Crippen LogP contribution in [0.25, 0.3) is 0 Å². The SMILES string of the molecule is COC(=O)CSC(=S)SCC(=O)OC. The van der Waals surface area contributed by atoms with Crippen molar-refractivity contribution in [3.63, 3.8) is 0 Å². The summed E-state index contributed by atoms with van der Waals surface area (Å²) in [6.07, 6.45) is 0. The number of ether oxygens (including phenoxy) is 2. The van der Waals surface area contributed by atoms with Crippen molar-refractivity contribution in [1.29, 1.82) is 0 Å². The molecule has 0 fully saturated rings. The van der Waals surface area contributed by atoms with Crippen LogP contribution in [0.1, 0.15) is 0 Å². The smallest absolute Gasteiger partial charge is 0.316 e. The Kier molecular flexibility index (Phi) is 7.92. The van der Waals surface area contributed by atoms with E-state index in [0.717, 1.165) is 0 Å². The zero-order chi connectivity index (χ0) is 11.0. The fourth-order valence-corrected chi connectivity index (χ4v) is 2.14. The summed E-state index contributed by atoms with van der Waals surface area (Å²) in [7, 11) is 2.63. The summed E-state index contributed by atoms with van der Waals surface area (Å²) in [6, 6.07) is 0. The monoisotopic (exact) mass is 254 g/mol. The molecule has 0 amide bonds. The molecule has 0 heterocycles. The van der Waals surface area contributed by atoms with E-state index in [1.54, 1.807) is 0 Å². The van der Waals surface area contributed by atoms with Gasteiger partial charge >= 0.3 is 11.9 Å². The van der Waals surface area contributed by atoms with Gasteiger partial charge in [0.25, 0.3) is 0 Å². The maximum absolute atomic E-state index is 10.7. The minimum Gasteiger partial charge on any atom is -0.468 e. The molecule has 80 valence electrons. The third kappa shape index (κ3) is 7.16. The average molecular weight is 254 g/mol. The van der Waals surface area contributed by atoms with E-state index in [9.17, 15) is 9.59 Å². The third-order valence-corrected chi connectivity index (χ3v) is 3.72. The normalized spacial score (nSPS) is 9.29. The van der Waals surface area contributed by atoms with Crippen molar-refractivity contribution >= 4 is 51.2 Å². The highest BCUT2D eigenvalue weighted by molar-refractivity contribution is 8.47. The summed E-state index contributed by atoms with van der Waals surface area (Å²) >= 11 is 7.24. The first-order chi connectivity index (χ1) is 6.60. The van der Waals surface area contributed by atoms with Crippen molar-refractivity contribution in [3.05, 3.63) is 0 Å². The van der Waals surface area contributed by atoms with E-state index in [2.05, 4.69) is 9.47 Å². The summed E-state index contributed by atoms with van der Waals surface area (Å²) in [5, 5.41) is 0. The lowest BCUT2D eigenvalue weighted by Gasteiger charge is -2.01. The first-order valence-corrected chi connectivity index (χ1v) is 5.91. The number of hydrogen-bond acceptors (Lipinski definition) is 7. The van der Waals surface area contributed by atoms with Crippen LogP contribution in [0.2, 0.25) is 0 Å². The largest absolute Gasteiger partial charge is 0.468 e. The van der Waals surface area contributed by atoms with Crippen molar-refractivity contribution in [3.8, 4) is 0 Å². The number of carbonyl (C=O) groups is 2. The number of rotatable bonds is 4. The van der Waals surface area contributed by atoms with Gasteiger partial charge in [-0.05, 0) is 0 Å². The van der Waals surface area contributed by atoms with Gasteiger partial charge in [0.1, 0.15) is 3.53 Å². The van der Waals surface area contributed by atoms with Gasteiger partial charge in [-0.25, -0.2) is 0 Å². The topological polar surface area (TPSA) is 52.6 Å². The Morgan fingerprint density at radius 2 is 1.43 bits per heavy atom. The molecule has 0 saturated carbocycles.